The number of imide groups is 2. The number of carbonyl (C=O) groups is 4. The van der Waals surface area contributed by atoms with Crippen LogP contribution in [0.5, 0.6) is 0 Å². The van der Waals surface area contributed by atoms with Crippen LogP contribution in [0.15, 0.2) is 48.5 Å². The summed E-state index contributed by atoms with van der Waals surface area (Å²) in [6, 6.07) is 13.4. The van der Waals surface area contributed by atoms with Crippen molar-refractivity contribution in [2.45, 2.75) is 12.8 Å². The molecule has 0 saturated carbocycles. The summed E-state index contributed by atoms with van der Waals surface area (Å²) >= 11 is 0. The summed E-state index contributed by atoms with van der Waals surface area (Å²) in [6.45, 7) is 0. The predicted molar refractivity (Wildman–Crippen MR) is 82.6 cm³/mol. The molecule has 2 aromatic rings. The lowest BCUT2D eigenvalue weighted by molar-refractivity contribution is -0.155. The Morgan fingerprint density at radius 1 is 0.583 bits per heavy atom. The van der Waals surface area contributed by atoms with E-state index in [-0.39, 0.29) is 24.0 Å². The second-order valence-corrected chi connectivity index (χ2v) is 5.69. The topological polar surface area (TPSA) is 74.8 Å². The number of hydrogen-bond acceptors (Lipinski definition) is 4. The van der Waals surface area contributed by atoms with Crippen LogP contribution in [0.25, 0.3) is 0 Å². The van der Waals surface area contributed by atoms with Gasteiger partial charge in [-0.15, -0.1) is 0 Å². The Morgan fingerprint density at radius 3 is 1.46 bits per heavy atom. The minimum absolute atomic E-state index is 0.0324. The highest BCUT2D eigenvalue weighted by molar-refractivity contribution is 6.23. The van der Waals surface area contributed by atoms with Crippen molar-refractivity contribution in [3.8, 4) is 0 Å². The van der Waals surface area contributed by atoms with E-state index < -0.39 is 23.6 Å². The fraction of sp³-hybridized carbons (Fsp3) is 0.111. The van der Waals surface area contributed by atoms with Crippen LogP contribution in [-0.2, 0) is 22.4 Å². The molecule has 0 aromatic heterocycles. The molecule has 0 unspecified atom stereocenters. The quantitative estimate of drug-likeness (QED) is 0.743. The molecule has 4 rings (SSSR count). The number of hydrogen-bond donors (Lipinski definition) is 0. The molecule has 2 heterocycles. The van der Waals surface area contributed by atoms with E-state index in [2.05, 4.69) is 0 Å². The van der Waals surface area contributed by atoms with Crippen LogP contribution in [0.4, 0.5) is 0 Å². The Morgan fingerprint density at radius 2 is 1.00 bits per heavy atom. The van der Waals surface area contributed by atoms with Gasteiger partial charge in [0, 0.05) is 0 Å². The van der Waals surface area contributed by atoms with E-state index in [1.54, 1.807) is 36.4 Å². The van der Waals surface area contributed by atoms with E-state index in [4.69, 9.17) is 0 Å². The van der Waals surface area contributed by atoms with Crippen molar-refractivity contribution >= 4 is 23.6 Å². The fourth-order valence-corrected chi connectivity index (χ4v) is 3.10. The molecule has 24 heavy (non-hydrogen) atoms. The summed E-state index contributed by atoms with van der Waals surface area (Å²) in [5.74, 6) is -2.47. The Labute approximate surface area is 137 Å². The monoisotopic (exact) mass is 320 g/mol. The molecule has 2 aliphatic heterocycles. The van der Waals surface area contributed by atoms with Gasteiger partial charge in [0.15, 0.2) is 0 Å². The van der Waals surface area contributed by atoms with Gasteiger partial charge in [-0.25, -0.2) is 0 Å². The van der Waals surface area contributed by atoms with Crippen LogP contribution >= 0.6 is 0 Å². The maximum Gasteiger partial charge on any atom is 0.281 e. The van der Waals surface area contributed by atoms with Gasteiger partial charge in [-0.3, -0.25) is 19.2 Å². The maximum absolute atomic E-state index is 12.6. The van der Waals surface area contributed by atoms with Crippen molar-refractivity contribution in [3.05, 3.63) is 70.8 Å². The predicted octanol–water partition coefficient (Wildman–Crippen LogP) is 1.35. The van der Waals surface area contributed by atoms with Crippen LogP contribution in [0.3, 0.4) is 0 Å². The molecule has 6 nitrogen and oxygen atoms in total. The minimum atomic E-state index is -0.650. The Hall–Kier alpha value is -3.28. The van der Waals surface area contributed by atoms with Crippen LogP contribution in [0.1, 0.15) is 31.8 Å². The standard InChI is InChI=1S/C18H12N2O4/c21-15-9-11-5-1-2-6-12(11)10-16(22)19(15)20-17(23)13-7-3-4-8-14(13)18(20)24/h1-8H,9-10H2. The average molecular weight is 320 g/mol. The molecule has 0 atom stereocenters. The van der Waals surface area contributed by atoms with E-state index in [1.165, 1.54) is 12.1 Å². The number of amides is 4. The third-order valence-electron chi connectivity index (χ3n) is 4.25. The second kappa shape index (κ2) is 5.13. The second-order valence-electron chi connectivity index (χ2n) is 5.69. The van der Waals surface area contributed by atoms with Gasteiger partial charge in [0.05, 0.1) is 24.0 Å². The number of carbonyl (C=O) groups excluding carboxylic acids is 4. The zero-order valence-corrected chi connectivity index (χ0v) is 12.6. The molecule has 0 fully saturated rings. The van der Waals surface area contributed by atoms with Crippen molar-refractivity contribution in [2.75, 3.05) is 0 Å². The molecule has 2 aromatic carbocycles. The van der Waals surface area contributed by atoms with Gasteiger partial charge in [0.2, 0.25) is 0 Å². The highest BCUT2D eigenvalue weighted by atomic mass is 16.2. The first kappa shape index (κ1) is 14.3. The van der Waals surface area contributed by atoms with E-state index >= 15 is 0 Å². The fourth-order valence-electron chi connectivity index (χ4n) is 3.10. The first-order valence-corrected chi connectivity index (χ1v) is 7.48. The molecule has 0 spiro atoms. The summed E-state index contributed by atoms with van der Waals surface area (Å²) in [5.41, 5.74) is 1.86. The molecule has 6 heteroatoms. The minimum Gasteiger partial charge on any atom is -0.272 e. The summed E-state index contributed by atoms with van der Waals surface area (Å²) in [6.07, 6.45) is -0.0648. The number of rotatable bonds is 1. The molecule has 0 aliphatic carbocycles. The van der Waals surface area contributed by atoms with Crippen LogP contribution in [0, 0.1) is 0 Å². The summed E-state index contributed by atoms with van der Waals surface area (Å²) in [7, 11) is 0. The van der Waals surface area contributed by atoms with Gasteiger partial charge in [-0.1, -0.05) is 36.4 Å². The van der Waals surface area contributed by atoms with E-state index in [9.17, 15) is 19.2 Å². The molecule has 118 valence electrons. The largest absolute Gasteiger partial charge is 0.281 e. The highest BCUT2D eigenvalue weighted by Crippen LogP contribution is 2.27. The lowest BCUT2D eigenvalue weighted by Gasteiger charge is -2.26. The smallest absolute Gasteiger partial charge is 0.272 e. The van der Waals surface area contributed by atoms with E-state index in [1.807, 2.05) is 0 Å². The molecule has 4 amide bonds. The van der Waals surface area contributed by atoms with Crippen molar-refractivity contribution in [2.24, 2.45) is 0 Å². The molecule has 0 bridgehead atoms. The molecule has 0 saturated heterocycles. The zero-order valence-electron chi connectivity index (χ0n) is 12.6. The van der Waals surface area contributed by atoms with Gasteiger partial charge in [0.25, 0.3) is 23.6 Å². The lowest BCUT2D eigenvalue weighted by atomic mass is 10.0. The Kier molecular flexibility index (Phi) is 3.06. The number of benzene rings is 2. The van der Waals surface area contributed by atoms with Gasteiger partial charge < -0.3 is 0 Å². The Bertz CT molecular complexity index is 847. The van der Waals surface area contributed by atoms with Gasteiger partial charge in [-0.2, -0.15) is 10.0 Å². The van der Waals surface area contributed by atoms with Crippen LogP contribution < -0.4 is 0 Å². The normalized spacial score (nSPS) is 17.0. The van der Waals surface area contributed by atoms with E-state index in [0.29, 0.717) is 10.0 Å². The van der Waals surface area contributed by atoms with Gasteiger partial charge in [0.1, 0.15) is 0 Å². The van der Waals surface area contributed by atoms with Crippen molar-refractivity contribution in [3.63, 3.8) is 0 Å². The first-order valence-electron chi connectivity index (χ1n) is 7.48. The summed E-state index contributed by atoms with van der Waals surface area (Å²) < 4.78 is 0. The van der Waals surface area contributed by atoms with E-state index in [0.717, 1.165) is 11.1 Å². The molecule has 0 N–H and O–H groups in total. The van der Waals surface area contributed by atoms with Crippen molar-refractivity contribution in [1.82, 2.24) is 10.0 Å². The third kappa shape index (κ3) is 1.96. The Balaban J connectivity index is 1.76. The zero-order chi connectivity index (χ0) is 16.8. The SMILES string of the molecule is O=C1Cc2ccccc2CC(=O)N1N1C(=O)c2ccccc2C1=O. The number of nitrogens with zero attached hydrogens (tertiary/aromatic N) is 2. The van der Waals surface area contributed by atoms with Crippen LogP contribution in [0.2, 0.25) is 0 Å². The highest BCUT2D eigenvalue weighted by Gasteiger charge is 2.44. The number of hydrazine groups is 1. The van der Waals surface area contributed by atoms with Gasteiger partial charge in [-0.05, 0) is 23.3 Å². The van der Waals surface area contributed by atoms with Crippen molar-refractivity contribution in [1.29, 1.82) is 0 Å². The molecular weight excluding hydrogens is 308 g/mol. The van der Waals surface area contributed by atoms with Crippen LogP contribution in [-0.4, -0.2) is 33.6 Å². The number of fused-ring (bicyclic) bond motifs is 2. The molecular formula is C18H12N2O4. The maximum atomic E-state index is 12.6. The third-order valence-corrected chi connectivity index (χ3v) is 4.25. The van der Waals surface area contributed by atoms with Crippen molar-refractivity contribution < 1.29 is 19.2 Å². The van der Waals surface area contributed by atoms with Gasteiger partial charge >= 0.3 is 0 Å². The molecule has 2 aliphatic rings. The average Bonchev–Trinajstić information content (AvgIpc) is 2.74. The lowest BCUT2D eigenvalue weighted by Crippen LogP contribution is -2.53. The first-order chi connectivity index (χ1) is 11.6. The summed E-state index contributed by atoms with van der Waals surface area (Å²) in [5, 5.41) is 1.37. The summed E-state index contributed by atoms with van der Waals surface area (Å²) in [4.78, 5) is 50.2. The molecule has 0 radical (unpaired) electrons.